The van der Waals surface area contributed by atoms with Gasteiger partial charge in [0.2, 0.25) is 5.71 Å². The molecule has 3 heteroatoms. The number of hydrogen-bond acceptors (Lipinski definition) is 2. The average molecular weight is 373 g/mol. The molecule has 7 rings (SSSR count). The van der Waals surface area contributed by atoms with E-state index in [1.165, 1.54) is 16.2 Å². The van der Waals surface area contributed by atoms with E-state index >= 15 is 0 Å². The third kappa shape index (κ3) is 1.96. The predicted molar refractivity (Wildman–Crippen MR) is 118 cm³/mol. The van der Waals surface area contributed by atoms with Crippen LogP contribution in [0.3, 0.4) is 0 Å². The number of para-hydroxylation sites is 1. The fourth-order valence-electron chi connectivity index (χ4n) is 4.53. The van der Waals surface area contributed by atoms with Crippen molar-refractivity contribution in [3.63, 3.8) is 0 Å². The smallest absolute Gasteiger partial charge is 0.212 e. The highest BCUT2D eigenvalue weighted by Gasteiger charge is 2.17. The van der Waals surface area contributed by atoms with Gasteiger partial charge in [0.25, 0.3) is 0 Å². The van der Waals surface area contributed by atoms with E-state index in [0.717, 1.165) is 44.2 Å². The van der Waals surface area contributed by atoms with Crippen molar-refractivity contribution in [2.24, 2.45) is 0 Å². The van der Waals surface area contributed by atoms with Gasteiger partial charge in [-0.2, -0.15) is 0 Å². The lowest BCUT2D eigenvalue weighted by Crippen LogP contribution is -1.93. The molecular formula is C26H15NO2. The van der Waals surface area contributed by atoms with Crippen LogP contribution in [0.1, 0.15) is 0 Å². The van der Waals surface area contributed by atoms with E-state index in [1.807, 2.05) is 24.3 Å². The van der Waals surface area contributed by atoms with Crippen LogP contribution in [0, 0.1) is 0 Å². The maximum atomic E-state index is 6.01. The summed E-state index contributed by atoms with van der Waals surface area (Å²) in [6.45, 7) is 0. The maximum absolute atomic E-state index is 6.01. The molecule has 0 aliphatic rings. The number of fused-ring (bicyclic) bond motifs is 7. The van der Waals surface area contributed by atoms with Gasteiger partial charge in [-0.05, 0) is 53.2 Å². The van der Waals surface area contributed by atoms with Gasteiger partial charge in [0.05, 0.1) is 11.8 Å². The Morgan fingerprint density at radius 2 is 1.38 bits per heavy atom. The molecule has 0 spiro atoms. The molecule has 0 aliphatic carbocycles. The first-order valence-corrected chi connectivity index (χ1v) is 9.69. The number of furan rings is 2. The minimum atomic E-state index is 0.863. The van der Waals surface area contributed by atoms with E-state index in [4.69, 9.17) is 8.83 Å². The van der Waals surface area contributed by atoms with Crippen molar-refractivity contribution in [3.05, 3.63) is 91.2 Å². The zero-order valence-electron chi connectivity index (χ0n) is 15.4. The Balaban J connectivity index is 1.62. The van der Waals surface area contributed by atoms with E-state index in [1.54, 1.807) is 6.26 Å². The van der Waals surface area contributed by atoms with Gasteiger partial charge in [-0.25, -0.2) is 0 Å². The molecule has 0 atom stereocenters. The predicted octanol–water partition coefficient (Wildman–Crippen LogP) is 7.43. The summed E-state index contributed by atoms with van der Waals surface area (Å²) in [5, 5.41) is 7.02. The zero-order valence-corrected chi connectivity index (χ0v) is 15.4. The molecule has 0 saturated carbocycles. The zero-order chi connectivity index (χ0) is 18.9. The number of rotatable bonds is 1. The molecule has 0 aliphatic heterocycles. The minimum Gasteiger partial charge on any atom is -0.456 e. The maximum Gasteiger partial charge on any atom is 0.212 e. The molecule has 3 nitrogen and oxygen atoms in total. The summed E-state index contributed by atoms with van der Waals surface area (Å²) in [7, 11) is 0. The Kier molecular flexibility index (Phi) is 2.74. The molecule has 0 saturated heterocycles. The van der Waals surface area contributed by atoms with Crippen LogP contribution in [0.25, 0.3) is 60.4 Å². The van der Waals surface area contributed by atoms with Gasteiger partial charge in [-0.3, -0.25) is 4.57 Å². The minimum absolute atomic E-state index is 0.863. The molecule has 136 valence electrons. The summed E-state index contributed by atoms with van der Waals surface area (Å²) in [5.41, 5.74) is 4.88. The fourth-order valence-corrected chi connectivity index (χ4v) is 4.53. The first kappa shape index (κ1) is 15.0. The molecule has 7 aromatic rings. The lowest BCUT2D eigenvalue weighted by atomic mass is 10.1. The lowest BCUT2D eigenvalue weighted by molar-refractivity contribution is 0.596. The monoisotopic (exact) mass is 373 g/mol. The van der Waals surface area contributed by atoms with Gasteiger partial charge in [-0.1, -0.05) is 42.5 Å². The molecule has 29 heavy (non-hydrogen) atoms. The number of aromatic nitrogens is 1. The molecular weight excluding hydrogens is 358 g/mol. The average Bonchev–Trinajstić information content (AvgIpc) is 3.44. The highest BCUT2D eigenvalue weighted by atomic mass is 16.3. The number of benzene rings is 4. The van der Waals surface area contributed by atoms with Crippen LogP contribution in [0.5, 0.6) is 0 Å². The largest absolute Gasteiger partial charge is 0.456 e. The topological polar surface area (TPSA) is 31.2 Å². The lowest BCUT2D eigenvalue weighted by Gasteiger charge is -2.07. The van der Waals surface area contributed by atoms with E-state index < -0.39 is 0 Å². The molecule has 0 bridgehead atoms. The number of nitrogens with zero attached hydrogens (tertiary/aromatic N) is 1. The second kappa shape index (κ2) is 5.30. The quantitative estimate of drug-likeness (QED) is 0.300. The molecule has 0 N–H and O–H groups in total. The van der Waals surface area contributed by atoms with Gasteiger partial charge in [0.15, 0.2) is 0 Å². The second-order valence-corrected chi connectivity index (χ2v) is 7.47. The first-order valence-electron chi connectivity index (χ1n) is 9.69. The summed E-state index contributed by atoms with van der Waals surface area (Å²) >= 11 is 0. The van der Waals surface area contributed by atoms with Crippen molar-refractivity contribution < 1.29 is 8.83 Å². The summed E-state index contributed by atoms with van der Waals surface area (Å²) < 4.78 is 14.2. The van der Waals surface area contributed by atoms with Crippen molar-refractivity contribution in [1.29, 1.82) is 0 Å². The van der Waals surface area contributed by atoms with Crippen molar-refractivity contribution in [1.82, 2.24) is 4.57 Å². The van der Waals surface area contributed by atoms with E-state index in [0.29, 0.717) is 0 Å². The van der Waals surface area contributed by atoms with Crippen LogP contribution in [0.4, 0.5) is 0 Å². The van der Waals surface area contributed by atoms with Gasteiger partial charge in [0, 0.05) is 27.2 Å². The first-order chi connectivity index (χ1) is 14.4. The van der Waals surface area contributed by atoms with E-state index in [2.05, 4.69) is 65.2 Å². The summed E-state index contributed by atoms with van der Waals surface area (Å²) in [4.78, 5) is 0. The van der Waals surface area contributed by atoms with Crippen molar-refractivity contribution in [2.45, 2.75) is 0 Å². The van der Waals surface area contributed by atoms with Gasteiger partial charge < -0.3 is 8.83 Å². The molecule has 4 aromatic carbocycles. The molecule has 3 aromatic heterocycles. The third-order valence-corrected chi connectivity index (χ3v) is 5.86. The normalized spacial score (nSPS) is 12.1. The van der Waals surface area contributed by atoms with Crippen molar-refractivity contribution in [3.8, 4) is 5.69 Å². The van der Waals surface area contributed by atoms with Crippen LogP contribution >= 0.6 is 0 Å². The molecule has 3 heterocycles. The van der Waals surface area contributed by atoms with Crippen LogP contribution in [-0.4, -0.2) is 4.57 Å². The third-order valence-electron chi connectivity index (χ3n) is 5.86. The summed E-state index contributed by atoms with van der Waals surface area (Å²) in [6, 6.07) is 29.5. The van der Waals surface area contributed by atoms with Gasteiger partial charge in [0.1, 0.15) is 11.2 Å². The summed E-state index contributed by atoms with van der Waals surface area (Å²) in [6.07, 6.45) is 1.77. The Hall–Kier alpha value is -3.98. The Bertz CT molecular complexity index is 1710. The highest BCUT2D eigenvalue weighted by molar-refractivity contribution is 6.13. The van der Waals surface area contributed by atoms with Crippen LogP contribution in [-0.2, 0) is 0 Å². The molecule has 0 fully saturated rings. The van der Waals surface area contributed by atoms with Gasteiger partial charge >= 0.3 is 0 Å². The standard InChI is InChI=1S/C26H15NO2/c1-2-6-17-14-23-21(13-16(17)5-1)20-11-12-28-26(20)27(23)18-9-10-25-22(15-18)19-7-3-4-8-24(19)29-25/h1-15H. The Labute approximate surface area is 165 Å². The molecule has 0 unspecified atom stereocenters. The molecule has 0 radical (unpaired) electrons. The van der Waals surface area contributed by atoms with Gasteiger partial charge in [-0.15, -0.1) is 0 Å². The highest BCUT2D eigenvalue weighted by Crippen LogP contribution is 2.37. The van der Waals surface area contributed by atoms with Crippen LogP contribution in [0.15, 0.2) is 100 Å². The second-order valence-electron chi connectivity index (χ2n) is 7.47. The number of hydrogen-bond donors (Lipinski definition) is 0. The van der Waals surface area contributed by atoms with E-state index in [9.17, 15) is 0 Å². The summed E-state index contributed by atoms with van der Waals surface area (Å²) in [5.74, 6) is 0. The van der Waals surface area contributed by atoms with Crippen LogP contribution in [0.2, 0.25) is 0 Å². The molecule has 0 amide bonds. The van der Waals surface area contributed by atoms with E-state index in [-0.39, 0.29) is 0 Å². The van der Waals surface area contributed by atoms with Crippen LogP contribution < -0.4 is 0 Å². The fraction of sp³-hybridized carbons (Fsp3) is 0. The Morgan fingerprint density at radius 3 is 2.31 bits per heavy atom. The van der Waals surface area contributed by atoms with Crippen molar-refractivity contribution in [2.75, 3.05) is 0 Å². The SMILES string of the molecule is c1ccc2cc3c(cc2c1)c1ccoc1n3-c1ccc2oc3ccccc3c2c1. The van der Waals surface area contributed by atoms with Crippen molar-refractivity contribution >= 4 is 54.7 Å². The Morgan fingerprint density at radius 1 is 0.586 bits per heavy atom.